The number of ether oxygens (including phenoxy) is 1. The van der Waals surface area contributed by atoms with Crippen LogP contribution in [0, 0.1) is 0 Å². The fraction of sp³-hybridized carbons (Fsp3) is 0.250. The van der Waals surface area contributed by atoms with Gasteiger partial charge in [-0.2, -0.15) is 0 Å². The van der Waals surface area contributed by atoms with Gasteiger partial charge in [-0.3, -0.25) is 0 Å². The molecule has 2 nitrogen and oxygen atoms in total. The maximum absolute atomic E-state index is 6.07. The van der Waals surface area contributed by atoms with E-state index in [-0.39, 0.29) is 6.04 Å². The van der Waals surface area contributed by atoms with Crippen molar-refractivity contribution in [2.75, 3.05) is 7.11 Å². The third-order valence-electron chi connectivity index (χ3n) is 3.01. The Morgan fingerprint density at radius 3 is 2.50 bits per heavy atom. The Labute approximate surface area is 129 Å². The Kier molecular flexibility index (Phi) is 5.35. The minimum absolute atomic E-state index is 0.0566. The van der Waals surface area contributed by atoms with Crippen LogP contribution in [0.3, 0.4) is 0 Å². The van der Waals surface area contributed by atoms with E-state index in [9.17, 15) is 0 Å². The molecule has 0 aliphatic heterocycles. The molecule has 0 saturated carbocycles. The monoisotopic (exact) mass is 307 g/mol. The predicted molar refractivity (Wildman–Crippen MR) is 86.6 cm³/mol. The molecule has 0 fully saturated rings. The molecule has 0 amide bonds. The Balaban J connectivity index is 2.18. The summed E-state index contributed by atoms with van der Waals surface area (Å²) in [7, 11) is 1.68. The Hall–Kier alpha value is -1.16. The summed E-state index contributed by atoms with van der Waals surface area (Å²) in [6.45, 7) is 1.98. The fourth-order valence-corrected chi connectivity index (χ4v) is 3.28. The maximum atomic E-state index is 6.07. The summed E-state index contributed by atoms with van der Waals surface area (Å²) < 4.78 is 5.40. The lowest BCUT2D eigenvalue weighted by molar-refractivity contribution is 0.405. The van der Waals surface area contributed by atoms with Crippen molar-refractivity contribution in [2.24, 2.45) is 5.73 Å². The Bertz CT molecular complexity index is 569. The second-order valence-corrected chi connectivity index (χ2v) is 6.03. The Morgan fingerprint density at radius 2 is 1.90 bits per heavy atom. The molecule has 4 heteroatoms. The minimum Gasteiger partial charge on any atom is -0.496 e. The van der Waals surface area contributed by atoms with Crippen LogP contribution >= 0.6 is 23.4 Å². The molecule has 0 aliphatic rings. The standard InChI is InChI=1S/C16H18ClNOS/c1-11(18)16-14(19-2)4-3-5-15(16)20-10-12-6-8-13(17)9-7-12/h3-9,11H,10,18H2,1-2H3. The average molecular weight is 308 g/mol. The smallest absolute Gasteiger partial charge is 0.124 e. The normalized spacial score (nSPS) is 12.2. The fourth-order valence-electron chi connectivity index (χ4n) is 2.02. The van der Waals surface area contributed by atoms with Crippen LogP contribution in [-0.4, -0.2) is 7.11 Å². The molecule has 2 aromatic rings. The molecule has 0 aromatic heterocycles. The average Bonchev–Trinajstić information content (AvgIpc) is 2.46. The van der Waals surface area contributed by atoms with E-state index in [1.165, 1.54) is 5.56 Å². The third-order valence-corrected chi connectivity index (χ3v) is 4.41. The molecule has 1 unspecified atom stereocenters. The van der Waals surface area contributed by atoms with Gasteiger partial charge in [0.1, 0.15) is 5.75 Å². The summed E-state index contributed by atoms with van der Waals surface area (Å²) in [4.78, 5) is 1.16. The largest absolute Gasteiger partial charge is 0.496 e. The minimum atomic E-state index is -0.0566. The molecule has 0 heterocycles. The highest BCUT2D eigenvalue weighted by Crippen LogP contribution is 2.35. The highest BCUT2D eigenvalue weighted by Gasteiger charge is 2.13. The number of hydrogen-bond acceptors (Lipinski definition) is 3. The molecule has 0 saturated heterocycles. The molecule has 1 atom stereocenters. The van der Waals surface area contributed by atoms with Gasteiger partial charge in [0, 0.05) is 27.3 Å². The molecular weight excluding hydrogens is 290 g/mol. The van der Waals surface area contributed by atoms with E-state index < -0.39 is 0 Å². The zero-order valence-electron chi connectivity index (χ0n) is 11.6. The van der Waals surface area contributed by atoms with Crippen molar-refractivity contribution in [3.05, 3.63) is 58.6 Å². The van der Waals surface area contributed by atoms with E-state index in [0.29, 0.717) is 0 Å². The van der Waals surface area contributed by atoms with Crippen LogP contribution in [0.5, 0.6) is 5.75 Å². The molecule has 0 aliphatic carbocycles. The lowest BCUT2D eigenvalue weighted by Gasteiger charge is -2.16. The van der Waals surface area contributed by atoms with Crippen LogP contribution in [0.15, 0.2) is 47.4 Å². The lowest BCUT2D eigenvalue weighted by atomic mass is 10.1. The summed E-state index contributed by atoms with van der Waals surface area (Å²) in [5.74, 6) is 1.73. The van der Waals surface area contributed by atoms with Gasteiger partial charge >= 0.3 is 0 Å². The van der Waals surface area contributed by atoms with Gasteiger partial charge in [0.25, 0.3) is 0 Å². The maximum Gasteiger partial charge on any atom is 0.124 e. The first-order chi connectivity index (χ1) is 9.61. The van der Waals surface area contributed by atoms with Crippen LogP contribution in [-0.2, 0) is 5.75 Å². The van der Waals surface area contributed by atoms with Crippen molar-refractivity contribution in [2.45, 2.75) is 23.6 Å². The van der Waals surface area contributed by atoms with Crippen molar-refractivity contribution in [3.8, 4) is 5.75 Å². The van der Waals surface area contributed by atoms with Crippen molar-refractivity contribution in [1.29, 1.82) is 0 Å². The first-order valence-electron chi connectivity index (χ1n) is 6.41. The quantitative estimate of drug-likeness (QED) is 0.816. The van der Waals surface area contributed by atoms with Crippen LogP contribution in [0.25, 0.3) is 0 Å². The lowest BCUT2D eigenvalue weighted by Crippen LogP contribution is -2.08. The highest BCUT2D eigenvalue weighted by atomic mass is 35.5. The summed E-state index contributed by atoms with van der Waals surface area (Å²) >= 11 is 7.66. The van der Waals surface area contributed by atoms with Gasteiger partial charge in [0.05, 0.1) is 7.11 Å². The van der Waals surface area contributed by atoms with Gasteiger partial charge < -0.3 is 10.5 Å². The molecule has 2 N–H and O–H groups in total. The zero-order valence-corrected chi connectivity index (χ0v) is 13.2. The van der Waals surface area contributed by atoms with Crippen molar-refractivity contribution in [1.82, 2.24) is 0 Å². The van der Waals surface area contributed by atoms with E-state index in [4.69, 9.17) is 22.1 Å². The van der Waals surface area contributed by atoms with Gasteiger partial charge in [-0.1, -0.05) is 29.8 Å². The molecule has 0 bridgehead atoms. The van der Waals surface area contributed by atoms with Crippen LogP contribution < -0.4 is 10.5 Å². The van der Waals surface area contributed by atoms with Crippen LogP contribution in [0.2, 0.25) is 5.02 Å². The molecule has 0 spiro atoms. The molecular formula is C16H18ClNOS. The van der Waals surface area contributed by atoms with Crippen molar-refractivity contribution in [3.63, 3.8) is 0 Å². The first-order valence-corrected chi connectivity index (χ1v) is 7.78. The molecule has 2 aromatic carbocycles. The molecule has 20 heavy (non-hydrogen) atoms. The highest BCUT2D eigenvalue weighted by molar-refractivity contribution is 7.98. The Morgan fingerprint density at radius 1 is 1.20 bits per heavy atom. The van der Waals surface area contributed by atoms with E-state index >= 15 is 0 Å². The SMILES string of the molecule is COc1cccc(SCc2ccc(Cl)cc2)c1C(C)N. The number of halogens is 1. The van der Waals surface area contributed by atoms with Gasteiger partial charge in [0.15, 0.2) is 0 Å². The second kappa shape index (κ2) is 7.02. The number of methoxy groups -OCH3 is 1. The summed E-state index contributed by atoms with van der Waals surface area (Å²) in [6.07, 6.45) is 0. The number of thioether (sulfide) groups is 1. The zero-order chi connectivity index (χ0) is 14.5. The van der Waals surface area contributed by atoms with Crippen LogP contribution in [0.1, 0.15) is 24.1 Å². The second-order valence-electron chi connectivity index (χ2n) is 4.58. The number of nitrogens with two attached hydrogens (primary N) is 1. The van der Waals surface area contributed by atoms with Gasteiger partial charge in [0.2, 0.25) is 0 Å². The van der Waals surface area contributed by atoms with Crippen LogP contribution in [0.4, 0.5) is 0 Å². The first kappa shape index (κ1) is 15.2. The summed E-state index contributed by atoms with van der Waals surface area (Å²) in [5.41, 5.74) is 8.37. The van der Waals surface area contributed by atoms with E-state index in [2.05, 4.69) is 6.07 Å². The molecule has 2 rings (SSSR count). The summed E-state index contributed by atoms with van der Waals surface area (Å²) in [5, 5.41) is 0.761. The summed E-state index contributed by atoms with van der Waals surface area (Å²) in [6, 6.07) is 13.9. The number of benzene rings is 2. The molecule has 106 valence electrons. The predicted octanol–water partition coefficient (Wildman–Crippen LogP) is 4.66. The number of rotatable bonds is 5. The van der Waals surface area contributed by atoms with E-state index in [1.54, 1.807) is 18.9 Å². The topological polar surface area (TPSA) is 35.2 Å². The van der Waals surface area contributed by atoms with Crippen molar-refractivity contribution < 1.29 is 4.74 Å². The van der Waals surface area contributed by atoms with Gasteiger partial charge in [-0.15, -0.1) is 11.8 Å². The van der Waals surface area contributed by atoms with Gasteiger partial charge in [-0.05, 0) is 36.8 Å². The van der Waals surface area contributed by atoms with E-state index in [1.807, 2.05) is 43.3 Å². The van der Waals surface area contributed by atoms with Gasteiger partial charge in [-0.25, -0.2) is 0 Å². The molecule has 0 radical (unpaired) electrons. The number of hydrogen-bond donors (Lipinski definition) is 1. The van der Waals surface area contributed by atoms with Crippen molar-refractivity contribution >= 4 is 23.4 Å². The third kappa shape index (κ3) is 3.69. The van der Waals surface area contributed by atoms with E-state index in [0.717, 1.165) is 27.0 Å².